The minimum absolute atomic E-state index is 0.294. The Bertz CT molecular complexity index is 419. The minimum Gasteiger partial charge on any atom is -0.493 e. The lowest BCUT2D eigenvalue weighted by atomic mass is 9.79. The van der Waals surface area contributed by atoms with Crippen molar-refractivity contribution in [1.82, 2.24) is 0 Å². The van der Waals surface area contributed by atoms with Gasteiger partial charge in [-0.1, -0.05) is 6.42 Å². The molecule has 0 unspecified atom stereocenters. The zero-order chi connectivity index (χ0) is 11.0. The van der Waals surface area contributed by atoms with Gasteiger partial charge in [-0.2, -0.15) is 0 Å². The van der Waals surface area contributed by atoms with Crippen LogP contribution in [0.15, 0.2) is 18.2 Å². The van der Waals surface area contributed by atoms with Gasteiger partial charge in [-0.25, -0.2) is 0 Å². The van der Waals surface area contributed by atoms with E-state index in [1.807, 2.05) is 18.2 Å². The summed E-state index contributed by atoms with van der Waals surface area (Å²) >= 11 is 0. The van der Waals surface area contributed by atoms with E-state index in [0.29, 0.717) is 11.7 Å². The lowest BCUT2D eigenvalue weighted by Gasteiger charge is -2.24. The molecular weight excluding hydrogens is 200 g/mol. The maximum absolute atomic E-state index is 12.1. The number of hydrogen-bond donors (Lipinski definition) is 0. The molecule has 1 heterocycles. The Hall–Kier alpha value is -1.31. The Kier molecular flexibility index (Phi) is 2.43. The van der Waals surface area contributed by atoms with Crippen molar-refractivity contribution in [1.29, 1.82) is 0 Å². The SMILES string of the molecule is O=C(c1ccc2c(c1)CCCO2)C1CCC1. The Morgan fingerprint density at radius 1 is 1.25 bits per heavy atom. The van der Waals surface area contributed by atoms with E-state index >= 15 is 0 Å². The van der Waals surface area contributed by atoms with Gasteiger partial charge in [-0.3, -0.25) is 4.79 Å². The van der Waals surface area contributed by atoms with E-state index in [9.17, 15) is 4.79 Å². The molecule has 0 aromatic heterocycles. The average Bonchev–Trinajstić information content (AvgIpc) is 2.26. The van der Waals surface area contributed by atoms with E-state index in [4.69, 9.17) is 4.74 Å². The molecule has 0 N–H and O–H groups in total. The lowest BCUT2D eigenvalue weighted by molar-refractivity contribution is 0.0855. The number of fused-ring (bicyclic) bond motifs is 1. The highest BCUT2D eigenvalue weighted by Crippen LogP contribution is 2.32. The van der Waals surface area contributed by atoms with Gasteiger partial charge in [0.2, 0.25) is 0 Å². The molecule has 0 radical (unpaired) electrons. The van der Waals surface area contributed by atoms with Crippen LogP contribution >= 0.6 is 0 Å². The number of rotatable bonds is 2. The summed E-state index contributed by atoms with van der Waals surface area (Å²) in [7, 11) is 0. The van der Waals surface area contributed by atoms with Gasteiger partial charge in [-0.15, -0.1) is 0 Å². The fraction of sp³-hybridized carbons (Fsp3) is 0.500. The highest BCUT2D eigenvalue weighted by Gasteiger charge is 2.26. The van der Waals surface area contributed by atoms with E-state index in [2.05, 4.69) is 0 Å². The lowest BCUT2D eigenvalue weighted by Crippen LogP contribution is -2.22. The van der Waals surface area contributed by atoms with Crippen LogP contribution in [-0.4, -0.2) is 12.4 Å². The molecule has 2 aliphatic rings. The molecule has 2 heteroatoms. The first-order chi connectivity index (χ1) is 7.84. The van der Waals surface area contributed by atoms with Gasteiger partial charge in [0, 0.05) is 11.5 Å². The Labute approximate surface area is 95.6 Å². The van der Waals surface area contributed by atoms with Crippen LogP contribution in [0.5, 0.6) is 5.75 Å². The predicted octanol–water partition coefficient (Wildman–Crippen LogP) is 2.99. The Morgan fingerprint density at radius 3 is 2.88 bits per heavy atom. The fourth-order valence-corrected chi connectivity index (χ4v) is 2.42. The zero-order valence-corrected chi connectivity index (χ0v) is 9.37. The van der Waals surface area contributed by atoms with Gasteiger partial charge < -0.3 is 4.74 Å². The van der Waals surface area contributed by atoms with Crippen molar-refractivity contribution in [2.24, 2.45) is 5.92 Å². The molecule has 0 atom stereocenters. The molecule has 84 valence electrons. The molecule has 1 aromatic rings. The number of Topliss-reactive ketones (excluding diaryl/α,β-unsaturated/α-hetero) is 1. The Balaban J connectivity index is 1.87. The molecule has 1 aliphatic carbocycles. The third kappa shape index (κ3) is 1.62. The molecule has 3 rings (SSSR count). The van der Waals surface area contributed by atoms with Crippen LogP contribution in [-0.2, 0) is 6.42 Å². The average molecular weight is 216 g/mol. The van der Waals surface area contributed by atoms with Crippen LogP contribution in [0, 0.1) is 5.92 Å². The van der Waals surface area contributed by atoms with Gasteiger partial charge in [0.15, 0.2) is 5.78 Å². The highest BCUT2D eigenvalue weighted by atomic mass is 16.5. The third-order valence-corrected chi connectivity index (χ3v) is 3.67. The summed E-state index contributed by atoms with van der Waals surface area (Å²) < 4.78 is 5.55. The number of benzene rings is 1. The molecule has 0 amide bonds. The van der Waals surface area contributed by atoms with E-state index in [0.717, 1.165) is 43.6 Å². The van der Waals surface area contributed by atoms with E-state index in [-0.39, 0.29) is 0 Å². The molecule has 16 heavy (non-hydrogen) atoms. The monoisotopic (exact) mass is 216 g/mol. The van der Waals surface area contributed by atoms with Gasteiger partial charge in [0.1, 0.15) is 5.75 Å². The molecule has 0 spiro atoms. The summed E-state index contributed by atoms with van der Waals surface area (Å²) in [5.41, 5.74) is 2.09. The zero-order valence-electron chi connectivity index (χ0n) is 9.37. The molecular formula is C14H16O2. The number of ketones is 1. The topological polar surface area (TPSA) is 26.3 Å². The van der Waals surface area contributed by atoms with Crippen molar-refractivity contribution in [2.45, 2.75) is 32.1 Å². The predicted molar refractivity (Wildman–Crippen MR) is 61.9 cm³/mol. The summed E-state index contributed by atoms with van der Waals surface area (Å²) in [4.78, 5) is 12.1. The second-order valence-electron chi connectivity index (χ2n) is 4.77. The van der Waals surface area contributed by atoms with Crippen LogP contribution in [0.2, 0.25) is 0 Å². The smallest absolute Gasteiger partial charge is 0.165 e. The number of aryl methyl sites for hydroxylation is 1. The van der Waals surface area contributed by atoms with Crippen molar-refractivity contribution < 1.29 is 9.53 Å². The first kappa shape index (κ1) is 9.88. The van der Waals surface area contributed by atoms with Crippen LogP contribution in [0.25, 0.3) is 0 Å². The minimum atomic E-state index is 0.294. The number of carbonyl (C=O) groups excluding carboxylic acids is 1. The second kappa shape index (κ2) is 3.93. The summed E-state index contributed by atoms with van der Waals surface area (Å²) in [5, 5.41) is 0. The Morgan fingerprint density at radius 2 is 2.12 bits per heavy atom. The maximum Gasteiger partial charge on any atom is 0.165 e. The van der Waals surface area contributed by atoms with Crippen LogP contribution < -0.4 is 4.74 Å². The molecule has 0 saturated heterocycles. The summed E-state index contributed by atoms with van der Waals surface area (Å²) in [6.45, 7) is 0.808. The van der Waals surface area contributed by atoms with Crippen LogP contribution in [0.1, 0.15) is 41.6 Å². The third-order valence-electron chi connectivity index (χ3n) is 3.67. The maximum atomic E-state index is 12.1. The molecule has 1 fully saturated rings. The van der Waals surface area contributed by atoms with Gasteiger partial charge >= 0.3 is 0 Å². The highest BCUT2D eigenvalue weighted by molar-refractivity contribution is 5.98. The van der Waals surface area contributed by atoms with Crippen molar-refractivity contribution in [3.8, 4) is 5.75 Å². The largest absolute Gasteiger partial charge is 0.493 e. The summed E-state index contributed by atoms with van der Waals surface area (Å²) in [6.07, 6.45) is 5.47. The van der Waals surface area contributed by atoms with Crippen molar-refractivity contribution in [3.63, 3.8) is 0 Å². The van der Waals surface area contributed by atoms with Crippen LogP contribution in [0.4, 0.5) is 0 Å². The van der Waals surface area contributed by atoms with E-state index in [1.54, 1.807) is 0 Å². The van der Waals surface area contributed by atoms with E-state index < -0.39 is 0 Å². The van der Waals surface area contributed by atoms with Crippen LogP contribution in [0.3, 0.4) is 0 Å². The molecule has 1 aliphatic heterocycles. The molecule has 1 aromatic carbocycles. The first-order valence-electron chi connectivity index (χ1n) is 6.14. The number of ether oxygens (including phenoxy) is 1. The summed E-state index contributed by atoms with van der Waals surface area (Å²) in [5.74, 6) is 1.60. The summed E-state index contributed by atoms with van der Waals surface area (Å²) in [6, 6.07) is 5.92. The molecule has 1 saturated carbocycles. The van der Waals surface area contributed by atoms with Gasteiger partial charge in [0.05, 0.1) is 6.61 Å². The van der Waals surface area contributed by atoms with E-state index in [1.165, 1.54) is 12.0 Å². The van der Waals surface area contributed by atoms with Gasteiger partial charge in [0.25, 0.3) is 0 Å². The number of hydrogen-bond acceptors (Lipinski definition) is 2. The second-order valence-corrected chi connectivity index (χ2v) is 4.77. The van der Waals surface area contributed by atoms with Crippen molar-refractivity contribution in [2.75, 3.05) is 6.61 Å². The number of carbonyl (C=O) groups is 1. The first-order valence-corrected chi connectivity index (χ1v) is 6.14. The molecule has 2 nitrogen and oxygen atoms in total. The van der Waals surface area contributed by atoms with Crippen molar-refractivity contribution >= 4 is 5.78 Å². The quantitative estimate of drug-likeness (QED) is 0.710. The standard InChI is InChI=1S/C14H16O2/c15-14(10-3-1-4-10)12-6-7-13-11(9-12)5-2-8-16-13/h6-7,9-10H,1-5,8H2. The normalized spacial score (nSPS) is 19.5. The molecule has 0 bridgehead atoms. The van der Waals surface area contributed by atoms with Gasteiger partial charge in [-0.05, 0) is 49.4 Å². The fourth-order valence-electron chi connectivity index (χ4n) is 2.42. The van der Waals surface area contributed by atoms with Crippen molar-refractivity contribution in [3.05, 3.63) is 29.3 Å².